The van der Waals surface area contributed by atoms with E-state index in [1.165, 1.54) is 30.3 Å². The van der Waals surface area contributed by atoms with Crippen molar-refractivity contribution < 1.29 is 18.5 Å². The molecular formula is C14H12F2N4O3. The van der Waals surface area contributed by atoms with Crippen molar-refractivity contribution in [2.75, 3.05) is 23.8 Å². The fraction of sp³-hybridized carbons (Fsp3) is 0.143. The third-order valence-corrected chi connectivity index (χ3v) is 2.85. The van der Waals surface area contributed by atoms with E-state index >= 15 is 0 Å². The number of aromatic nitrogens is 1. The summed E-state index contributed by atoms with van der Waals surface area (Å²) < 4.78 is 26.1. The molecule has 1 aromatic heterocycles. The summed E-state index contributed by atoms with van der Waals surface area (Å²) in [5.74, 6) is -2.24. The number of halogens is 2. The highest BCUT2D eigenvalue weighted by Gasteiger charge is 2.19. The van der Waals surface area contributed by atoms with E-state index in [4.69, 9.17) is 0 Å². The Hall–Kier alpha value is -3.10. The number of pyridine rings is 1. The van der Waals surface area contributed by atoms with Gasteiger partial charge in [-0.2, -0.15) is 0 Å². The van der Waals surface area contributed by atoms with Gasteiger partial charge in [0.05, 0.1) is 11.5 Å². The van der Waals surface area contributed by atoms with E-state index in [0.29, 0.717) is 6.07 Å². The number of carbonyl (C=O) groups is 1. The van der Waals surface area contributed by atoms with E-state index in [2.05, 4.69) is 10.3 Å². The second-order valence-electron chi connectivity index (χ2n) is 4.67. The molecule has 0 unspecified atom stereocenters. The molecule has 2 aromatic rings. The number of amides is 1. The van der Waals surface area contributed by atoms with Crippen molar-refractivity contribution in [1.29, 1.82) is 0 Å². The van der Waals surface area contributed by atoms with Crippen molar-refractivity contribution >= 4 is 23.1 Å². The van der Waals surface area contributed by atoms with Gasteiger partial charge in [0, 0.05) is 31.1 Å². The average Bonchev–Trinajstić information content (AvgIpc) is 2.45. The summed E-state index contributed by atoms with van der Waals surface area (Å²) in [6.07, 6.45) is 1.36. The van der Waals surface area contributed by atoms with Gasteiger partial charge >= 0.3 is 5.69 Å². The maximum Gasteiger partial charge on any atom is 0.311 e. The van der Waals surface area contributed by atoms with Gasteiger partial charge in [-0.1, -0.05) is 0 Å². The van der Waals surface area contributed by atoms with Gasteiger partial charge in [0.25, 0.3) is 0 Å². The van der Waals surface area contributed by atoms with Gasteiger partial charge in [0.1, 0.15) is 11.6 Å². The maximum atomic E-state index is 13.1. The van der Waals surface area contributed by atoms with Crippen LogP contribution < -0.4 is 10.2 Å². The summed E-state index contributed by atoms with van der Waals surface area (Å²) in [5.41, 5.74) is -0.295. The fourth-order valence-corrected chi connectivity index (χ4v) is 1.94. The van der Waals surface area contributed by atoms with Gasteiger partial charge in [-0.3, -0.25) is 14.9 Å². The van der Waals surface area contributed by atoms with E-state index in [1.54, 1.807) is 0 Å². The number of anilines is 2. The number of nitro groups is 1. The quantitative estimate of drug-likeness (QED) is 0.674. The first-order valence-electron chi connectivity index (χ1n) is 6.43. The lowest BCUT2D eigenvalue weighted by atomic mass is 10.3. The Bertz CT molecular complexity index is 734. The van der Waals surface area contributed by atoms with Crippen LogP contribution >= 0.6 is 0 Å². The Morgan fingerprint density at radius 2 is 2.00 bits per heavy atom. The third-order valence-electron chi connectivity index (χ3n) is 2.85. The minimum absolute atomic E-state index is 0.0121. The monoisotopic (exact) mass is 322 g/mol. The van der Waals surface area contributed by atoms with Gasteiger partial charge in [-0.25, -0.2) is 13.8 Å². The van der Waals surface area contributed by atoms with E-state index in [0.717, 1.165) is 12.1 Å². The molecule has 120 valence electrons. The minimum atomic E-state index is -0.825. The SMILES string of the molecule is CN(CC(=O)Nc1cc(F)cc(F)c1)c1ncccc1[N+](=O)[O-]. The summed E-state index contributed by atoms with van der Waals surface area (Å²) in [5, 5.41) is 13.2. The number of rotatable bonds is 5. The van der Waals surface area contributed by atoms with Crippen LogP contribution in [0.25, 0.3) is 0 Å². The normalized spacial score (nSPS) is 10.2. The van der Waals surface area contributed by atoms with Crippen LogP contribution in [0.1, 0.15) is 0 Å². The number of nitrogens with one attached hydrogen (secondary N) is 1. The van der Waals surface area contributed by atoms with Gasteiger partial charge < -0.3 is 10.2 Å². The third kappa shape index (κ3) is 4.19. The van der Waals surface area contributed by atoms with Gasteiger partial charge in [0.2, 0.25) is 11.7 Å². The van der Waals surface area contributed by atoms with Crippen LogP contribution in [-0.4, -0.2) is 29.4 Å². The maximum absolute atomic E-state index is 13.1. The molecule has 1 heterocycles. The molecule has 0 atom stereocenters. The zero-order chi connectivity index (χ0) is 17.0. The Kier molecular flexibility index (Phi) is 4.79. The van der Waals surface area contributed by atoms with Crippen molar-refractivity contribution in [3.8, 4) is 0 Å². The van der Waals surface area contributed by atoms with Gasteiger partial charge in [0.15, 0.2) is 0 Å². The number of carbonyl (C=O) groups excluding carboxylic acids is 1. The predicted molar refractivity (Wildman–Crippen MR) is 79.1 cm³/mol. The Balaban J connectivity index is 2.09. The molecule has 9 heteroatoms. The molecule has 7 nitrogen and oxygen atoms in total. The summed E-state index contributed by atoms with van der Waals surface area (Å²) in [6, 6.07) is 5.27. The van der Waals surface area contributed by atoms with Crippen LogP contribution in [-0.2, 0) is 4.79 Å². The molecule has 0 aliphatic rings. The van der Waals surface area contributed by atoms with Gasteiger partial charge in [-0.15, -0.1) is 0 Å². The van der Waals surface area contributed by atoms with Crippen LogP contribution in [0.4, 0.5) is 26.0 Å². The van der Waals surface area contributed by atoms with E-state index < -0.39 is 22.5 Å². The lowest BCUT2D eigenvalue weighted by molar-refractivity contribution is -0.384. The minimum Gasteiger partial charge on any atom is -0.345 e. The lowest BCUT2D eigenvalue weighted by Crippen LogP contribution is -2.31. The van der Waals surface area contributed by atoms with Crippen molar-refractivity contribution in [2.24, 2.45) is 0 Å². The Labute approximate surface area is 129 Å². The van der Waals surface area contributed by atoms with Crippen LogP contribution in [0, 0.1) is 21.7 Å². The highest BCUT2D eigenvalue weighted by atomic mass is 19.1. The van der Waals surface area contributed by atoms with E-state index in [-0.39, 0.29) is 23.7 Å². The second-order valence-corrected chi connectivity index (χ2v) is 4.67. The van der Waals surface area contributed by atoms with Crippen LogP contribution in [0.5, 0.6) is 0 Å². The number of benzene rings is 1. The molecule has 2 rings (SSSR count). The molecule has 23 heavy (non-hydrogen) atoms. The summed E-state index contributed by atoms with van der Waals surface area (Å²) in [7, 11) is 1.45. The molecule has 0 spiro atoms. The molecule has 0 radical (unpaired) electrons. The topological polar surface area (TPSA) is 88.4 Å². The molecule has 1 N–H and O–H groups in total. The second kappa shape index (κ2) is 6.77. The zero-order valence-corrected chi connectivity index (χ0v) is 12.0. The smallest absolute Gasteiger partial charge is 0.311 e. The average molecular weight is 322 g/mol. The molecular weight excluding hydrogens is 310 g/mol. The molecule has 0 fully saturated rings. The zero-order valence-electron chi connectivity index (χ0n) is 12.0. The number of nitrogens with zero attached hydrogens (tertiary/aromatic N) is 3. The van der Waals surface area contributed by atoms with Crippen molar-refractivity contribution in [2.45, 2.75) is 0 Å². The highest BCUT2D eigenvalue weighted by Crippen LogP contribution is 2.23. The molecule has 0 aliphatic heterocycles. The van der Waals surface area contributed by atoms with Crippen molar-refractivity contribution in [3.63, 3.8) is 0 Å². The predicted octanol–water partition coefficient (Wildman–Crippen LogP) is 2.34. The summed E-state index contributed by atoms with van der Waals surface area (Å²) in [4.78, 5) is 27.4. The Morgan fingerprint density at radius 1 is 1.35 bits per heavy atom. The van der Waals surface area contributed by atoms with Crippen LogP contribution in [0.2, 0.25) is 0 Å². The van der Waals surface area contributed by atoms with Crippen LogP contribution in [0.3, 0.4) is 0 Å². The molecule has 1 aromatic carbocycles. The molecule has 0 saturated carbocycles. The molecule has 0 bridgehead atoms. The van der Waals surface area contributed by atoms with E-state index in [9.17, 15) is 23.7 Å². The molecule has 0 saturated heterocycles. The molecule has 0 aliphatic carbocycles. The van der Waals surface area contributed by atoms with Crippen LogP contribution in [0.15, 0.2) is 36.5 Å². The first-order chi connectivity index (χ1) is 10.9. The number of likely N-dealkylation sites (N-methyl/N-ethyl adjacent to an activating group) is 1. The standard InChI is InChI=1S/C14H12F2N4O3/c1-19(14-12(20(22)23)3-2-4-17-14)8-13(21)18-11-6-9(15)5-10(16)7-11/h2-7H,8H2,1H3,(H,18,21). The summed E-state index contributed by atoms with van der Waals surface area (Å²) in [6.45, 7) is -0.282. The first-order valence-corrected chi connectivity index (χ1v) is 6.43. The van der Waals surface area contributed by atoms with Gasteiger partial charge in [-0.05, 0) is 18.2 Å². The van der Waals surface area contributed by atoms with E-state index in [1.807, 2.05) is 0 Å². The Morgan fingerprint density at radius 3 is 2.61 bits per heavy atom. The number of hydrogen-bond donors (Lipinski definition) is 1. The largest absolute Gasteiger partial charge is 0.345 e. The summed E-state index contributed by atoms with van der Waals surface area (Å²) >= 11 is 0. The van der Waals surface area contributed by atoms with Crippen molar-refractivity contribution in [1.82, 2.24) is 4.98 Å². The number of hydrogen-bond acceptors (Lipinski definition) is 5. The highest BCUT2D eigenvalue weighted by molar-refractivity contribution is 5.94. The lowest BCUT2D eigenvalue weighted by Gasteiger charge is -2.17. The van der Waals surface area contributed by atoms with Crippen molar-refractivity contribution in [3.05, 3.63) is 58.3 Å². The fourth-order valence-electron chi connectivity index (χ4n) is 1.94. The first kappa shape index (κ1) is 16.3. The molecule has 1 amide bonds.